The third-order valence-electron chi connectivity index (χ3n) is 3.82. The summed E-state index contributed by atoms with van der Waals surface area (Å²) >= 11 is 9.39. The van der Waals surface area contributed by atoms with E-state index in [2.05, 4.69) is 38.5 Å². The van der Waals surface area contributed by atoms with Crippen LogP contribution in [-0.4, -0.2) is 24.0 Å². The van der Waals surface area contributed by atoms with Gasteiger partial charge in [-0.3, -0.25) is 4.79 Å². The van der Waals surface area contributed by atoms with Crippen LogP contribution in [-0.2, 0) is 4.79 Å². The average Bonchev–Trinajstić information content (AvgIpc) is 2.44. The Morgan fingerprint density at radius 1 is 1.55 bits per heavy atom. The number of carbonyl (C=O) groups is 1. The fraction of sp³-hybridized carbons (Fsp3) is 0.571. The third-order valence-corrected chi connectivity index (χ3v) is 4.56. The number of amides is 1. The molecule has 6 heteroatoms. The highest BCUT2D eigenvalue weighted by Gasteiger charge is 2.38. The second-order valence-corrected chi connectivity index (χ2v) is 6.50. The first-order chi connectivity index (χ1) is 9.57. The number of carbonyl (C=O) groups excluding carboxylic acids is 1. The molecule has 0 unspecified atom stereocenters. The van der Waals surface area contributed by atoms with E-state index in [-0.39, 0.29) is 11.3 Å². The molecule has 1 aromatic rings. The molecule has 0 aromatic carbocycles. The smallest absolute Gasteiger partial charge is 0.230 e. The van der Waals surface area contributed by atoms with Crippen molar-refractivity contribution < 1.29 is 4.79 Å². The summed E-state index contributed by atoms with van der Waals surface area (Å²) in [7, 11) is 0. The number of nitrogens with zero attached hydrogens (tertiary/aromatic N) is 1. The molecule has 2 N–H and O–H groups in total. The molecule has 1 amide bonds. The lowest BCUT2D eigenvalue weighted by Gasteiger charge is -2.36. The highest BCUT2D eigenvalue weighted by molar-refractivity contribution is 9.10. The van der Waals surface area contributed by atoms with Gasteiger partial charge in [-0.15, -0.1) is 0 Å². The maximum absolute atomic E-state index is 12.7. The molecule has 1 aromatic heterocycles. The number of halogens is 2. The number of rotatable bonds is 4. The molecule has 0 saturated carbocycles. The summed E-state index contributed by atoms with van der Waals surface area (Å²) < 4.78 is 0.798. The lowest BCUT2D eigenvalue weighted by molar-refractivity contribution is -0.127. The topological polar surface area (TPSA) is 54.0 Å². The van der Waals surface area contributed by atoms with Crippen LogP contribution in [0.5, 0.6) is 0 Å². The predicted molar refractivity (Wildman–Crippen MR) is 85.0 cm³/mol. The molecule has 1 fully saturated rings. The molecule has 2 rings (SSSR count). The van der Waals surface area contributed by atoms with Gasteiger partial charge in [0.05, 0.1) is 11.1 Å². The van der Waals surface area contributed by atoms with Gasteiger partial charge >= 0.3 is 0 Å². The Morgan fingerprint density at radius 3 is 2.90 bits per heavy atom. The molecule has 1 aliphatic rings. The molecule has 0 bridgehead atoms. The zero-order valence-electron chi connectivity index (χ0n) is 11.5. The number of hydrogen-bond acceptors (Lipinski definition) is 3. The van der Waals surface area contributed by atoms with Gasteiger partial charge in [0, 0.05) is 10.7 Å². The zero-order chi connectivity index (χ0) is 14.6. The number of anilines is 1. The van der Waals surface area contributed by atoms with Crippen molar-refractivity contribution in [3.05, 3.63) is 21.9 Å². The summed E-state index contributed by atoms with van der Waals surface area (Å²) in [6, 6.07) is 1.79. The Morgan fingerprint density at radius 2 is 2.25 bits per heavy atom. The molecular weight excluding hydrogens is 342 g/mol. The van der Waals surface area contributed by atoms with Crippen LogP contribution in [0.4, 0.5) is 5.69 Å². The summed E-state index contributed by atoms with van der Waals surface area (Å²) in [5.41, 5.74) is 0.283. The van der Waals surface area contributed by atoms with Crippen LogP contribution < -0.4 is 10.6 Å². The molecule has 0 radical (unpaired) electrons. The van der Waals surface area contributed by atoms with Gasteiger partial charge in [0.25, 0.3) is 0 Å². The molecule has 4 nitrogen and oxygen atoms in total. The van der Waals surface area contributed by atoms with Gasteiger partial charge in [-0.05, 0) is 54.3 Å². The third kappa shape index (κ3) is 3.51. The van der Waals surface area contributed by atoms with Crippen molar-refractivity contribution >= 4 is 39.1 Å². The summed E-state index contributed by atoms with van der Waals surface area (Å²) in [4.78, 5) is 16.7. The van der Waals surface area contributed by atoms with Gasteiger partial charge in [-0.2, -0.15) is 0 Å². The quantitative estimate of drug-likeness (QED) is 0.807. The normalized spacial score (nSPS) is 17.8. The van der Waals surface area contributed by atoms with E-state index in [9.17, 15) is 4.79 Å². The minimum absolute atomic E-state index is 0.0580. The maximum atomic E-state index is 12.7. The lowest BCUT2D eigenvalue weighted by atomic mass is 9.74. The molecule has 0 atom stereocenters. The fourth-order valence-electron chi connectivity index (χ4n) is 2.74. The highest BCUT2D eigenvalue weighted by Crippen LogP contribution is 2.36. The Hall–Kier alpha value is -0.650. The maximum Gasteiger partial charge on any atom is 0.230 e. The first-order valence-corrected chi connectivity index (χ1v) is 8.08. The van der Waals surface area contributed by atoms with Gasteiger partial charge in [-0.1, -0.05) is 24.9 Å². The summed E-state index contributed by atoms with van der Waals surface area (Å²) in [5.74, 6) is 0.0580. The Balaban J connectivity index is 2.18. The second kappa shape index (κ2) is 6.87. The Bertz CT molecular complexity index is 484. The van der Waals surface area contributed by atoms with Crippen molar-refractivity contribution in [2.45, 2.75) is 32.6 Å². The number of piperidine rings is 1. The SMILES string of the molecule is CCCC1(C(=O)Nc2cc(Br)cnc2Cl)CCNCC1. The molecule has 2 heterocycles. The minimum atomic E-state index is -0.286. The number of hydrogen-bond donors (Lipinski definition) is 2. The summed E-state index contributed by atoms with van der Waals surface area (Å²) in [6.07, 6.45) is 5.25. The van der Waals surface area contributed by atoms with E-state index in [0.717, 1.165) is 43.2 Å². The van der Waals surface area contributed by atoms with Crippen LogP contribution in [0.15, 0.2) is 16.7 Å². The number of pyridine rings is 1. The van der Waals surface area contributed by atoms with E-state index in [0.29, 0.717) is 10.8 Å². The highest BCUT2D eigenvalue weighted by atomic mass is 79.9. The first kappa shape index (κ1) is 15.7. The van der Waals surface area contributed by atoms with E-state index in [1.54, 1.807) is 12.3 Å². The van der Waals surface area contributed by atoms with Crippen LogP contribution in [0, 0.1) is 5.41 Å². The molecule has 1 aliphatic heterocycles. The molecule has 1 saturated heterocycles. The Kier molecular flexibility index (Phi) is 5.41. The van der Waals surface area contributed by atoms with Crippen molar-refractivity contribution in [1.82, 2.24) is 10.3 Å². The van der Waals surface area contributed by atoms with Crippen LogP contribution in [0.3, 0.4) is 0 Å². The first-order valence-electron chi connectivity index (χ1n) is 6.90. The lowest BCUT2D eigenvalue weighted by Crippen LogP contribution is -2.44. The van der Waals surface area contributed by atoms with E-state index >= 15 is 0 Å². The van der Waals surface area contributed by atoms with Crippen LogP contribution >= 0.6 is 27.5 Å². The fourth-order valence-corrected chi connectivity index (χ4v) is 3.22. The van der Waals surface area contributed by atoms with Crippen LogP contribution in [0.2, 0.25) is 5.15 Å². The zero-order valence-corrected chi connectivity index (χ0v) is 13.9. The van der Waals surface area contributed by atoms with Gasteiger partial charge < -0.3 is 10.6 Å². The van der Waals surface area contributed by atoms with Crippen LogP contribution in [0.1, 0.15) is 32.6 Å². The summed E-state index contributed by atoms with van der Waals surface area (Å²) in [6.45, 7) is 3.89. The number of aromatic nitrogens is 1. The van der Waals surface area contributed by atoms with Crippen molar-refractivity contribution in [2.24, 2.45) is 5.41 Å². The number of nitrogens with one attached hydrogen (secondary N) is 2. The van der Waals surface area contributed by atoms with Gasteiger partial charge in [0.1, 0.15) is 0 Å². The van der Waals surface area contributed by atoms with Crippen molar-refractivity contribution in [2.75, 3.05) is 18.4 Å². The predicted octanol–water partition coefficient (Wildman–Crippen LogP) is 3.61. The monoisotopic (exact) mass is 359 g/mol. The molecule has 0 spiro atoms. The Labute approximate surface area is 132 Å². The minimum Gasteiger partial charge on any atom is -0.323 e. The van der Waals surface area contributed by atoms with E-state index in [1.807, 2.05) is 0 Å². The average molecular weight is 361 g/mol. The molecule has 0 aliphatic carbocycles. The van der Waals surface area contributed by atoms with Gasteiger partial charge in [-0.25, -0.2) is 4.98 Å². The van der Waals surface area contributed by atoms with Crippen molar-refractivity contribution in [1.29, 1.82) is 0 Å². The second-order valence-electron chi connectivity index (χ2n) is 5.23. The van der Waals surface area contributed by atoms with Crippen molar-refractivity contribution in [3.8, 4) is 0 Å². The molecular formula is C14H19BrClN3O. The van der Waals surface area contributed by atoms with Crippen molar-refractivity contribution in [3.63, 3.8) is 0 Å². The standard InChI is InChI=1S/C14H19BrClN3O/c1-2-3-14(4-6-17-7-5-14)13(20)19-11-8-10(15)9-18-12(11)16/h8-9,17H,2-7H2,1H3,(H,19,20). The molecule has 110 valence electrons. The van der Waals surface area contributed by atoms with Gasteiger partial charge in [0.2, 0.25) is 5.91 Å². The van der Waals surface area contributed by atoms with E-state index < -0.39 is 0 Å². The van der Waals surface area contributed by atoms with Gasteiger partial charge in [0.15, 0.2) is 5.15 Å². The van der Waals surface area contributed by atoms with E-state index in [1.165, 1.54) is 0 Å². The van der Waals surface area contributed by atoms with Crippen LogP contribution in [0.25, 0.3) is 0 Å². The summed E-state index contributed by atoms with van der Waals surface area (Å²) in [5, 5.41) is 6.59. The van der Waals surface area contributed by atoms with E-state index in [4.69, 9.17) is 11.6 Å². The largest absolute Gasteiger partial charge is 0.323 e. The molecule has 20 heavy (non-hydrogen) atoms.